The van der Waals surface area contributed by atoms with Crippen LogP contribution in [0.25, 0.3) is 10.2 Å². The summed E-state index contributed by atoms with van der Waals surface area (Å²) in [6.45, 7) is 2.28. The highest BCUT2D eigenvalue weighted by Gasteiger charge is 2.28. The number of carbonyl (C=O) groups excluding carboxylic acids is 3. The molecule has 1 aliphatic carbocycles. The zero-order chi connectivity index (χ0) is 25.2. The second-order valence-electron chi connectivity index (χ2n) is 8.88. The first-order valence-electron chi connectivity index (χ1n) is 11.8. The largest absolute Gasteiger partial charge is 0.461 e. The van der Waals surface area contributed by atoms with E-state index in [1.54, 1.807) is 23.1 Å². The minimum Gasteiger partial charge on any atom is -0.461 e. The van der Waals surface area contributed by atoms with E-state index in [0.717, 1.165) is 25.7 Å². The van der Waals surface area contributed by atoms with E-state index in [2.05, 4.69) is 15.6 Å². The molecule has 1 atom stereocenters. The van der Waals surface area contributed by atoms with Crippen molar-refractivity contribution in [3.05, 3.63) is 47.2 Å². The molecule has 2 aromatic heterocycles. The lowest BCUT2D eigenvalue weighted by Gasteiger charge is -2.31. The van der Waals surface area contributed by atoms with Crippen LogP contribution in [-0.4, -0.2) is 53.0 Å². The molecule has 1 aliphatic heterocycles. The number of nitrogens with one attached hydrogen (secondary N) is 2. The molecule has 1 unspecified atom stereocenters. The Morgan fingerprint density at radius 1 is 1.14 bits per heavy atom. The lowest BCUT2D eigenvalue weighted by molar-refractivity contribution is -0.148. The minimum absolute atomic E-state index is 0.0165. The quantitative estimate of drug-likeness (QED) is 0.464. The van der Waals surface area contributed by atoms with Crippen molar-refractivity contribution < 1.29 is 28.2 Å². The summed E-state index contributed by atoms with van der Waals surface area (Å²) in [5.41, 5.74) is 0.875. The van der Waals surface area contributed by atoms with Gasteiger partial charge < -0.3 is 25.0 Å². The highest BCUT2D eigenvalue weighted by atomic mass is 32.1. The number of fused-ring (bicyclic) bond motifs is 1. The fraction of sp³-hybridized carbons (Fsp3) is 0.360. The maximum atomic E-state index is 14.8. The first-order chi connectivity index (χ1) is 17.4. The third-order valence-electron chi connectivity index (χ3n) is 5.91. The minimum atomic E-state index is -0.637. The van der Waals surface area contributed by atoms with Crippen LogP contribution in [-0.2, 0) is 9.53 Å². The highest BCUT2D eigenvalue weighted by molar-refractivity contribution is 7.21. The maximum Gasteiger partial charge on any atom is 0.319 e. The first kappa shape index (κ1) is 24.0. The van der Waals surface area contributed by atoms with Gasteiger partial charge in [0.2, 0.25) is 0 Å². The molecular weight excluding hydrogens is 487 g/mol. The summed E-state index contributed by atoms with van der Waals surface area (Å²) in [7, 11) is 0. The van der Waals surface area contributed by atoms with Crippen LogP contribution in [0.1, 0.15) is 42.3 Å². The molecule has 2 N–H and O–H groups in total. The molecule has 0 spiro atoms. The van der Waals surface area contributed by atoms with E-state index in [1.165, 1.54) is 36.6 Å². The third kappa shape index (κ3) is 5.56. The number of aromatic nitrogens is 1. The van der Waals surface area contributed by atoms with Gasteiger partial charge in [-0.05, 0) is 43.9 Å². The van der Waals surface area contributed by atoms with E-state index in [9.17, 15) is 18.8 Å². The van der Waals surface area contributed by atoms with E-state index in [0.29, 0.717) is 39.6 Å². The third-order valence-corrected chi connectivity index (χ3v) is 7.03. The van der Waals surface area contributed by atoms with Crippen molar-refractivity contribution in [3.8, 4) is 11.5 Å². The molecule has 2 aliphatic rings. The Balaban J connectivity index is 1.31. The van der Waals surface area contributed by atoms with Crippen molar-refractivity contribution in [3.63, 3.8) is 0 Å². The predicted octanol–water partition coefficient (Wildman–Crippen LogP) is 4.68. The lowest BCUT2D eigenvalue weighted by atomic mass is 10.1. The number of rotatable bonds is 6. The highest BCUT2D eigenvalue weighted by Crippen LogP contribution is 2.37. The molecule has 1 saturated heterocycles. The van der Waals surface area contributed by atoms with Crippen molar-refractivity contribution in [1.82, 2.24) is 15.2 Å². The van der Waals surface area contributed by atoms with Gasteiger partial charge in [0, 0.05) is 43.5 Å². The molecule has 1 saturated carbocycles. The van der Waals surface area contributed by atoms with Gasteiger partial charge in [0.15, 0.2) is 11.6 Å². The van der Waals surface area contributed by atoms with E-state index in [4.69, 9.17) is 9.47 Å². The Hall–Kier alpha value is -3.73. The lowest BCUT2D eigenvalue weighted by Crippen LogP contribution is -2.43. The van der Waals surface area contributed by atoms with E-state index >= 15 is 0 Å². The number of hydrogen-bond acceptors (Lipinski definition) is 7. The average Bonchev–Trinajstić information content (AvgIpc) is 3.53. The monoisotopic (exact) mass is 512 g/mol. The molecule has 3 amide bonds. The SMILES string of the molecule is CC(=O)OC1CCCN(C(=O)c2cc3nccc(Oc4ccc(NC(=O)NC5CC5)cc4F)c3s2)C1. The number of benzene rings is 1. The van der Waals surface area contributed by atoms with Crippen LogP contribution in [0.15, 0.2) is 36.5 Å². The normalized spacial score (nSPS) is 17.5. The number of carbonyl (C=O) groups is 3. The van der Waals surface area contributed by atoms with Gasteiger partial charge >= 0.3 is 12.0 Å². The van der Waals surface area contributed by atoms with E-state index < -0.39 is 5.82 Å². The van der Waals surface area contributed by atoms with Crippen LogP contribution in [0.3, 0.4) is 0 Å². The van der Waals surface area contributed by atoms with Gasteiger partial charge in [0.1, 0.15) is 11.9 Å². The van der Waals surface area contributed by atoms with Gasteiger partial charge in [0.25, 0.3) is 5.91 Å². The number of amides is 3. The molecule has 1 aromatic carbocycles. The van der Waals surface area contributed by atoms with Crippen LogP contribution in [0.5, 0.6) is 11.5 Å². The number of nitrogens with zero attached hydrogens (tertiary/aromatic N) is 2. The summed E-state index contributed by atoms with van der Waals surface area (Å²) in [6.07, 6.45) is 4.60. The fourth-order valence-corrected chi connectivity index (χ4v) is 5.10. The van der Waals surface area contributed by atoms with Crippen molar-refractivity contribution in [2.24, 2.45) is 0 Å². The summed E-state index contributed by atoms with van der Waals surface area (Å²) in [4.78, 5) is 42.8. The first-order valence-corrected chi connectivity index (χ1v) is 12.6. The molecule has 3 heterocycles. The summed E-state index contributed by atoms with van der Waals surface area (Å²) in [5.74, 6) is -0.822. The van der Waals surface area contributed by atoms with Crippen LogP contribution >= 0.6 is 11.3 Å². The number of thiophene rings is 1. The van der Waals surface area contributed by atoms with Crippen molar-refractivity contribution in [1.29, 1.82) is 0 Å². The van der Waals surface area contributed by atoms with Gasteiger partial charge in [-0.1, -0.05) is 0 Å². The van der Waals surface area contributed by atoms with E-state index in [-0.39, 0.29) is 35.8 Å². The van der Waals surface area contributed by atoms with Crippen LogP contribution in [0, 0.1) is 5.82 Å². The number of likely N-dealkylation sites (tertiary alicyclic amines) is 1. The number of piperidine rings is 1. The Labute approximate surface area is 210 Å². The number of pyridine rings is 1. The molecule has 0 radical (unpaired) electrons. The Morgan fingerprint density at radius 2 is 1.97 bits per heavy atom. The van der Waals surface area contributed by atoms with Gasteiger partial charge in [-0.2, -0.15) is 0 Å². The fourth-order valence-electron chi connectivity index (χ4n) is 4.07. The Kier molecular flexibility index (Phi) is 6.73. The summed E-state index contributed by atoms with van der Waals surface area (Å²) in [5, 5.41) is 5.39. The molecule has 5 rings (SSSR count). The molecule has 2 fully saturated rings. The molecule has 9 nitrogen and oxygen atoms in total. The zero-order valence-electron chi connectivity index (χ0n) is 19.6. The number of halogens is 1. The zero-order valence-corrected chi connectivity index (χ0v) is 20.4. The standard InChI is InChI=1S/C25H25FN4O5S/c1-14(31)34-17-3-2-10-30(13-17)24(32)22-12-19-23(36-22)21(8-9-27-19)35-20-7-6-16(11-18(20)26)29-25(33)28-15-4-5-15/h6-9,11-12,15,17H,2-5,10,13H2,1H3,(H2,28,29,33). The molecule has 36 heavy (non-hydrogen) atoms. The number of hydrogen-bond donors (Lipinski definition) is 2. The molecule has 11 heteroatoms. The second kappa shape index (κ2) is 10.1. The number of anilines is 1. The van der Waals surface area contributed by atoms with Crippen molar-refractivity contribution in [2.75, 3.05) is 18.4 Å². The summed E-state index contributed by atoms with van der Waals surface area (Å²) >= 11 is 1.21. The van der Waals surface area contributed by atoms with Gasteiger partial charge in [-0.25, -0.2) is 9.18 Å². The molecule has 3 aromatic rings. The van der Waals surface area contributed by atoms with Crippen LogP contribution in [0.2, 0.25) is 0 Å². The average molecular weight is 513 g/mol. The van der Waals surface area contributed by atoms with Crippen LogP contribution < -0.4 is 15.4 Å². The van der Waals surface area contributed by atoms with Crippen molar-refractivity contribution in [2.45, 2.75) is 44.8 Å². The smallest absolute Gasteiger partial charge is 0.319 e. The Morgan fingerprint density at radius 3 is 2.72 bits per heavy atom. The molecule has 188 valence electrons. The summed E-state index contributed by atoms with van der Waals surface area (Å²) < 4.78 is 26.5. The Bertz CT molecular complexity index is 1330. The number of esters is 1. The van der Waals surface area contributed by atoms with Crippen LogP contribution in [0.4, 0.5) is 14.9 Å². The number of urea groups is 1. The topological polar surface area (TPSA) is 110 Å². The molecule has 0 bridgehead atoms. The van der Waals surface area contributed by atoms with Gasteiger partial charge in [-0.15, -0.1) is 11.3 Å². The second-order valence-corrected chi connectivity index (χ2v) is 9.93. The molecular formula is C25H25FN4O5S. The predicted molar refractivity (Wildman–Crippen MR) is 132 cm³/mol. The van der Waals surface area contributed by atoms with Gasteiger partial charge in [0.05, 0.1) is 21.6 Å². The van der Waals surface area contributed by atoms with Crippen molar-refractivity contribution >= 4 is 45.1 Å². The number of ether oxygens (including phenoxy) is 2. The maximum absolute atomic E-state index is 14.8. The summed E-state index contributed by atoms with van der Waals surface area (Å²) in [6, 6.07) is 7.31. The van der Waals surface area contributed by atoms with E-state index in [1.807, 2.05) is 0 Å². The van der Waals surface area contributed by atoms with Gasteiger partial charge in [-0.3, -0.25) is 14.6 Å².